The summed E-state index contributed by atoms with van der Waals surface area (Å²) in [7, 11) is -2.39. The summed E-state index contributed by atoms with van der Waals surface area (Å²) in [6.07, 6.45) is 4.44. The van der Waals surface area contributed by atoms with E-state index in [-0.39, 0.29) is 12.6 Å². The van der Waals surface area contributed by atoms with Gasteiger partial charge in [0, 0.05) is 25.4 Å². The monoisotopic (exact) mass is 556 g/mol. The number of cyclic esters (lactones) is 1. The maximum Gasteiger partial charge on any atom is 0.342 e. The third kappa shape index (κ3) is 10.0. The zero-order chi connectivity index (χ0) is 28.2. The van der Waals surface area contributed by atoms with Crippen LogP contribution < -0.4 is 9.47 Å². The summed E-state index contributed by atoms with van der Waals surface area (Å²) in [4.78, 5) is 23.3. The van der Waals surface area contributed by atoms with Crippen molar-refractivity contribution in [3.63, 3.8) is 0 Å². The Labute approximate surface area is 223 Å². The molecule has 0 spiro atoms. The number of fused-ring (bicyclic) bond motifs is 1. The number of esters is 1. The van der Waals surface area contributed by atoms with Gasteiger partial charge in [-0.2, -0.15) is 0 Å². The summed E-state index contributed by atoms with van der Waals surface area (Å²) < 4.78 is 38.7. The molecule has 0 bridgehead atoms. The van der Waals surface area contributed by atoms with Crippen LogP contribution in [0.25, 0.3) is 0 Å². The van der Waals surface area contributed by atoms with Crippen LogP contribution in [0.4, 0.5) is 0 Å². The number of allylic oxidation sites excluding steroid dienone is 2. The van der Waals surface area contributed by atoms with Gasteiger partial charge in [0.05, 0.1) is 26.9 Å². The van der Waals surface area contributed by atoms with Crippen molar-refractivity contribution in [1.82, 2.24) is 0 Å². The molecule has 2 rings (SSSR count). The number of carbonyl (C=O) groups is 2. The van der Waals surface area contributed by atoms with E-state index in [2.05, 4.69) is 19.6 Å². The molecule has 10 heteroatoms. The Morgan fingerprint density at radius 2 is 1.73 bits per heavy atom. The molecule has 1 aliphatic rings. The Hall–Kier alpha value is -1.93. The highest BCUT2D eigenvalue weighted by Crippen LogP contribution is 2.48. The minimum Gasteiger partial charge on any atom is -0.496 e. The van der Waals surface area contributed by atoms with Crippen molar-refractivity contribution in [1.29, 1.82) is 0 Å². The maximum absolute atomic E-state index is 12.3. The first-order chi connectivity index (χ1) is 17.4. The first-order valence-corrected chi connectivity index (χ1v) is 18.3. The largest absolute Gasteiger partial charge is 0.496 e. The van der Waals surface area contributed by atoms with Crippen LogP contribution >= 0.6 is 7.60 Å². The molecular formula is C27H45O8PSi. The van der Waals surface area contributed by atoms with Crippen molar-refractivity contribution in [2.24, 2.45) is 0 Å². The number of methoxy groups -OCH3 is 1. The van der Waals surface area contributed by atoms with E-state index in [1.54, 1.807) is 14.0 Å². The van der Waals surface area contributed by atoms with Crippen LogP contribution in [0.2, 0.25) is 25.7 Å². The molecule has 1 aliphatic heterocycles. The fraction of sp³-hybridized carbons (Fsp3) is 0.630. The summed E-state index contributed by atoms with van der Waals surface area (Å²) >= 11 is 0. The lowest BCUT2D eigenvalue weighted by atomic mass is 9.95. The molecule has 0 aromatic heterocycles. The predicted molar refractivity (Wildman–Crippen MR) is 150 cm³/mol. The fourth-order valence-electron chi connectivity index (χ4n) is 3.77. The van der Waals surface area contributed by atoms with Gasteiger partial charge in [-0.15, -0.1) is 0 Å². The summed E-state index contributed by atoms with van der Waals surface area (Å²) in [6, 6.07) is 0.982. The normalized spacial score (nSPS) is 13.4. The average molecular weight is 557 g/mol. The third-order valence-corrected chi connectivity index (χ3v) is 9.69. The molecule has 0 saturated heterocycles. The minimum atomic E-state index is -2.72. The van der Waals surface area contributed by atoms with Gasteiger partial charge in [0.15, 0.2) is 0 Å². The molecule has 0 radical (unpaired) electrons. The number of hydrogen-bond donors (Lipinski definition) is 0. The van der Waals surface area contributed by atoms with Gasteiger partial charge in [0.25, 0.3) is 0 Å². The number of carbonyl (C=O) groups excluding carboxylic acids is 2. The highest BCUT2D eigenvalue weighted by molar-refractivity contribution is 7.53. The van der Waals surface area contributed by atoms with Crippen molar-refractivity contribution in [2.75, 3.05) is 33.1 Å². The molecule has 0 unspecified atom stereocenters. The molecule has 1 aromatic rings. The van der Waals surface area contributed by atoms with Crippen molar-refractivity contribution < 1.29 is 37.4 Å². The molecule has 1 aromatic carbocycles. The molecule has 0 N–H and O–H groups in total. The van der Waals surface area contributed by atoms with E-state index in [4.69, 9.17) is 23.3 Å². The second-order valence-electron chi connectivity index (χ2n) is 9.99. The molecular weight excluding hydrogens is 511 g/mol. The Bertz CT molecular complexity index is 974. The first-order valence-electron chi connectivity index (χ1n) is 12.9. The van der Waals surface area contributed by atoms with E-state index in [0.717, 1.165) is 35.4 Å². The van der Waals surface area contributed by atoms with Crippen LogP contribution in [0.5, 0.6) is 11.5 Å². The number of benzene rings is 1. The Kier molecular flexibility index (Phi) is 13.8. The number of ether oxygens (including phenoxy) is 3. The summed E-state index contributed by atoms with van der Waals surface area (Å²) in [5.41, 5.74) is 3.64. The molecule has 0 aliphatic carbocycles. The van der Waals surface area contributed by atoms with Gasteiger partial charge >= 0.3 is 13.6 Å². The van der Waals surface area contributed by atoms with E-state index in [9.17, 15) is 14.2 Å². The van der Waals surface area contributed by atoms with Crippen molar-refractivity contribution in [3.8, 4) is 11.5 Å². The van der Waals surface area contributed by atoms with Crippen LogP contribution in [0.1, 0.15) is 61.2 Å². The zero-order valence-electron chi connectivity index (χ0n) is 24.0. The van der Waals surface area contributed by atoms with Crippen molar-refractivity contribution in [2.45, 2.75) is 79.8 Å². The van der Waals surface area contributed by atoms with E-state index in [1.807, 2.05) is 33.8 Å². The Morgan fingerprint density at radius 3 is 2.22 bits per heavy atom. The quantitative estimate of drug-likeness (QED) is 0.0817. The number of rotatable bonds is 14. The van der Waals surface area contributed by atoms with Crippen molar-refractivity contribution in [3.05, 3.63) is 33.9 Å². The third-order valence-electron chi connectivity index (χ3n) is 5.69. The molecule has 210 valence electrons. The maximum atomic E-state index is 12.3. The summed E-state index contributed by atoms with van der Waals surface area (Å²) in [6.45, 7) is 17.8. The lowest BCUT2D eigenvalue weighted by molar-refractivity contribution is -0.104. The number of hydrogen-bond acceptors (Lipinski definition) is 8. The van der Waals surface area contributed by atoms with Gasteiger partial charge in [-0.1, -0.05) is 32.6 Å². The van der Waals surface area contributed by atoms with Gasteiger partial charge < -0.3 is 23.3 Å². The molecule has 0 atom stereocenters. The van der Waals surface area contributed by atoms with E-state index in [0.29, 0.717) is 55.0 Å². The topological polar surface area (TPSA) is 97.4 Å². The van der Waals surface area contributed by atoms with Crippen LogP contribution in [0.3, 0.4) is 0 Å². The molecule has 37 heavy (non-hydrogen) atoms. The van der Waals surface area contributed by atoms with E-state index in [1.165, 1.54) is 0 Å². The van der Waals surface area contributed by atoms with Crippen LogP contribution in [-0.4, -0.2) is 53.4 Å². The van der Waals surface area contributed by atoms with E-state index < -0.39 is 15.7 Å². The lowest BCUT2D eigenvalue weighted by Gasteiger charge is -2.21. The van der Waals surface area contributed by atoms with Gasteiger partial charge in [0.1, 0.15) is 30.0 Å². The fourth-order valence-corrected chi connectivity index (χ4v) is 6.15. The van der Waals surface area contributed by atoms with Crippen LogP contribution in [0, 0.1) is 6.92 Å². The molecule has 0 amide bonds. The van der Waals surface area contributed by atoms with Crippen LogP contribution in [0.15, 0.2) is 11.6 Å². The van der Waals surface area contributed by atoms with E-state index >= 15 is 0 Å². The highest BCUT2D eigenvalue weighted by Gasteiger charge is 2.33. The SMILES string of the molecule is CCCP(=O)(OCC)OCC.COc1c(C)c2c(c(OCC[Si](C)(C)C)c1C/C=C(\C)C=O)C(=O)OC2. The Balaban J connectivity index is 0.000000525. The van der Waals surface area contributed by atoms with Gasteiger partial charge in [-0.25, -0.2) is 4.79 Å². The molecule has 0 saturated carbocycles. The average Bonchev–Trinajstić information content (AvgIpc) is 3.21. The number of aldehydes is 1. The summed E-state index contributed by atoms with van der Waals surface area (Å²) in [5, 5.41) is 0. The minimum absolute atomic E-state index is 0.240. The second-order valence-corrected chi connectivity index (χ2v) is 17.8. The van der Waals surface area contributed by atoms with Crippen molar-refractivity contribution >= 4 is 27.9 Å². The molecule has 8 nitrogen and oxygen atoms in total. The smallest absolute Gasteiger partial charge is 0.342 e. The standard InChI is InChI=1S/C20H28O5Si.C7H17O3P/c1-13(11-21)7-8-15-18(23-3)14(2)16-12-25-20(22)17(16)19(15)24-9-10-26(4,5)6;1-4-7-11(8,9-5-2)10-6-3/h7,11H,8-10,12H2,1-6H3;4-7H2,1-3H3/b13-7+;. The second kappa shape index (κ2) is 15.5. The lowest BCUT2D eigenvalue weighted by Crippen LogP contribution is -2.23. The summed E-state index contributed by atoms with van der Waals surface area (Å²) in [5.74, 6) is 0.879. The predicted octanol–water partition coefficient (Wildman–Crippen LogP) is 6.74. The Morgan fingerprint density at radius 1 is 1.11 bits per heavy atom. The molecule has 0 fully saturated rings. The van der Waals surface area contributed by atoms with Gasteiger partial charge in [0.2, 0.25) is 0 Å². The van der Waals surface area contributed by atoms with Gasteiger partial charge in [-0.05, 0) is 57.7 Å². The van der Waals surface area contributed by atoms with Crippen LogP contribution in [-0.2, 0) is 36.2 Å². The molecule has 1 heterocycles. The zero-order valence-corrected chi connectivity index (χ0v) is 25.9. The van der Waals surface area contributed by atoms with Gasteiger partial charge in [-0.3, -0.25) is 9.36 Å². The first kappa shape index (κ1) is 33.1. The highest BCUT2D eigenvalue weighted by atomic mass is 31.2.